The van der Waals surface area contributed by atoms with Crippen molar-refractivity contribution in [3.8, 4) is 0 Å². The van der Waals surface area contributed by atoms with Gasteiger partial charge in [0.1, 0.15) is 18.5 Å². The number of imidazole rings is 1. The third kappa shape index (κ3) is 4.74. The lowest BCUT2D eigenvalue weighted by atomic mass is 10.0. The van der Waals surface area contributed by atoms with E-state index in [2.05, 4.69) is 6.92 Å². The van der Waals surface area contributed by atoms with E-state index in [0.717, 1.165) is 24.8 Å². The van der Waals surface area contributed by atoms with Crippen molar-refractivity contribution in [2.24, 2.45) is 7.05 Å². The number of esters is 1. The SMILES string of the molecule is CCCC[C@@H](OC(=O)Cn1cc[n+](C)c1)c1ccccc1. The van der Waals surface area contributed by atoms with Gasteiger partial charge in [0.25, 0.3) is 0 Å². The number of carbonyl (C=O) groups is 1. The zero-order valence-corrected chi connectivity index (χ0v) is 12.7. The van der Waals surface area contributed by atoms with Crippen molar-refractivity contribution in [1.82, 2.24) is 4.57 Å². The summed E-state index contributed by atoms with van der Waals surface area (Å²) in [5.74, 6) is -0.198. The van der Waals surface area contributed by atoms with Crippen LogP contribution in [0.25, 0.3) is 0 Å². The Morgan fingerprint density at radius 3 is 2.71 bits per heavy atom. The van der Waals surface area contributed by atoms with Crippen LogP contribution in [0, 0.1) is 0 Å². The van der Waals surface area contributed by atoms with Gasteiger partial charge in [-0.1, -0.05) is 43.7 Å². The molecular formula is C17H23N2O2+. The number of hydrogen-bond acceptors (Lipinski definition) is 2. The number of benzene rings is 1. The molecule has 0 fully saturated rings. The molecule has 112 valence electrons. The molecule has 1 aromatic carbocycles. The smallest absolute Gasteiger partial charge is 0.349 e. The molecule has 0 N–H and O–H groups in total. The van der Waals surface area contributed by atoms with Gasteiger partial charge in [-0.3, -0.25) is 0 Å². The predicted molar refractivity (Wildman–Crippen MR) is 80.4 cm³/mol. The molecule has 0 aliphatic rings. The zero-order valence-electron chi connectivity index (χ0n) is 12.7. The first-order valence-corrected chi connectivity index (χ1v) is 7.44. The molecule has 0 unspecified atom stereocenters. The highest BCUT2D eigenvalue weighted by molar-refractivity contribution is 5.69. The highest BCUT2D eigenvalue weighted by Crippen LogP contribution is 2.23. The van der Waals surface area contributed by atoms with Gasteiger partial charge in [-0.25, -0.2) is 13.9 Å². The van der Waals surface area contributed by atoms with Crippen molar-refractivity contribution in [1.29, 1.82) is 0 Å². The van der Waals surface area contributed by atoms with Gasteiger partial charge < -0.3 is 4.74 Å². The summed E-state index contributed by atoms with van der Waals surface area (Å²) < 4.78 is 9.41. The minimum Gasteiger partial charge on any atom is -0.455 e. The summed E-state index contributed by atoms with van der Waals surface area (Å²) in [7, 11) is 1.93. The van der Waals surface area contributed by atoms with Gasteiger partial charge >= 0.3 is 5.97 Å². The molecule has 0 aliphatic carbocycles. The van der Waals surface area contributed by atoms with Crippen LogP contribution in [0.3, 0.4) is 0 Å². The highest BCUT2D eigenvalue weighted by atomic mass is 16.5. The molecule has 1 heterocycles. The van der Waals surface area contributed by atoms with E-state index in [1.54, 1.807) is 0 Å². The van der Waals surface area contributed by atoms with Crippen LogP contribution in [0.15, 0.2) is 49.1 Å². The van der Waals surface area contributed by atoms with Gasteiger partial charge in [0, 0.05) is 0 Å². The first-order chi connectivity index (χ1) is 10.2. The molecule has 21 heavy (non-hydrogen) atoms. The standard InChI is InChI=1S/C17H23N2O2/c1-3-4-10-16(15-8-6-5-7-9-15)21-17(20)13-19-12-11-18(2)14-19/h5-9,11-12,14,16H,3-4,10,13H2,1-2H3/q+1/t16-/m1/s1. The fraction of sp³-hybridized carbons (Fsp3) is 0.412. The quantitative estimate of drug-likeness (QED) is 0.580. The van der Waals surface area contributed by atoms with E-state index in [9.17, 15) is 4.79 Å². The summed E-state index contributed by atoms with van der Waals surface area (Å²) >= 11 is 0. The molecule has 0 spiro atoms. The van der Waals surface area contributed by atoms with Crippen LogP contribution in [-0.4, -0.2) is 10.5 Å². The average Bonchev–Trinajstić information content (AvgIpc) is 2.89. The second-order valence-corrected chi connectivity index (χ2v) is 5.28. The van der Waals surface area contributed by atoms with E-state index in [0.29, 0.717) is 0 Å². The van der Waals surface area contributed by atoms with Crippen molar-refractivity contribution in [2.75, 3.05) is 0 Å². The Hall–Kier alpha value is -2.10. The Morgan fingerprint density at radius 1 is 1.33 bits per heavy atom. The molecule has 1 atom stereocenters. The Labute approximate surface area is 126 Å². The molecule has 2 rings (SSSR count). The second kappa shape index (κ2) is 7.62. The van der Waals surface area contributed by atoms with Crippen molar-refractivity contribution in [3.63, 3.8) is 0 Å². The number of hydrogen-bond donors (Lipinski definition) is 0. The number of nitrogens with zero attached hydrogens (tertiary/aromatic N) is 2. The maximum absolute atomic E-state index is 12.1. The molecule has 0 amide bonds. The van der Waals surface area contributed by atoms with Gasteiger partial charge in [0.05, 0.1) is 7.05 Å². The van der Waals surface area contributed by atoms with Crippen molar-refractivity contribution >= 4 is 5.97 Å². The van der Waals surface area contributed by atoms with Gasteiger partial charge in [0.2, 0.25) is 6.33 Å². The van der Waals surface area contributed by atoms with Crippen LogP contribution in [0.2, 0.25) is 0 Å². The van der Waals surface area contributed by atoms with Crippen LogP contribution >= 0.6 is 0 Å². The fourth-order valence-electron chi connectivity index (χ4n) is 2.29. The number of rotatable bonds is 7. The molecular weight excluding hydrogens is 264 g/mol. The van der Waals surface area contributed by atoms with Crippen molar-refractivity contribution in [2.45, 2.75) is 38.8 Å². The number of ether oxygens (including phenoxy) is 1. The van der Waals surface area contributed by atoms with E-state index < -0.39 is 0 Å². The first kappa shape index (κ1) is 15.3. The fourth-order valence-corrected chi connectivity index (χ4v) is 2.29. The maximum Gasteiger partial charge on any atom is 0.349 e. The monoisotopic (exact) mass is 287 g/mol. The van der Waals surface area contributed by atoms with Crippen molar-refractivity contribution < 1.29 is 14.1 Å². The van der Waals surface area contributed by atoms with Crippen LogP contribution in [0.5, 0.6) is 0 Å². The summed E-state index contributed by atoms with van der Waals surface area (Å²) in [6.07, 6.45) is 8.49. The van der Waals surface area contributed by atoms with Crippen LogP contribution < -0.4 is 4.57 Å². The number of unbranched alkanes of at least 4 members (excludes halogenated alkanes) is 1. The third-order valence-electron chi connectivity index (χ3n) is 3.40. The zero-order chi connectivity index (χ0) is 15.1. The summed E-state index contributed by atoms with van der Waals surface area (Å²) in [4.78, 5) is 12.1. The lowest BCUT2D eigenvalue weighted by Gasteiger charge is -2.17. The minimum absolute atomic E-state index is 0.150. The summed E-state index contributed by atoms with van der Waals surface area (Å²) in [5, 5.41) is 0. The van der Waals surface area contributed by atoms with E-state index in [4.69, 9.17) is 4.74 Å². The highest BCUT2D eigenvalue weighted by Gasteiger charge is 2.18. The van der Waals surface area contributed by atoms with E-state index >= 15 is 0 Å². The normalized spacial score (nSPS) is 12.1. The van der Waals surface area contributed by atoms with E-state index in [-0.39, 0.29) is 18.6 Å². The molecule has 2 aromatic rings. The summed E-state index contributed by atoms with van der Waals surface area (Å²) in [6, 6.07) is 9.97. The third-order valence-corrected chi connectivity index (χ3v) is 3.40. The van der Waals surface area contributed by atoms with Gasteiger partial charge in [-0.2, -0.15) is 0 Å². The second-order valence-electron chi connectivity index (χ2n) is 5.28. The van der Waals surface area contributed by atoms with Crippen LogP contribution in [0.4, 0.5) is 0 Å². The Bertz CT molecular complexity index is 563. The molecule has 0 saturated heterocycles. The molecule has 0 radical (unpaired) electrons. The number of aromatic nitrogens is 2. The largest absolute Gasteiger partial charge is 0.455 e. The molecule has 0 aliphatic heterocycles. The average molecular weight is 287 g/mol. The van der Waals surface area contributed by atoms with Gasteiger partial charge in [0.15, 0.2) is 6.54 Å². The summed E-state index contributed by atoms with van der Waals surface area (Å²) in [6.45, 7) is 2.39. The predicted octanol–water partition coefficient (Wildman–Crippen LogP) is 2.79. The summed E-state index contributed by atoms with van der Waals surface area (Å²) in [5.41, 5.74) is 1.07. The number of carbonyl (C=O) groups excluding carboxylic acids is 1. The van der Waals surface area contributed by atoms with E-state index in [1.165, 1.54) is 0 Å². The maximum atomic E-state index is 12.1. The Kier molecular flexibility index (Phi) is 5.55. The van der Waals surface area contributed by atoms with Crippen LogP contribution in [-0.2, 0) is 23.1 Å². The van der Waals surface area contributed by atoms with Crippen molar-refractivity contribution in [3.05, 3.63) is 54.6 Å². The van der Waals surface area contributed by atoms with Gasteiger partial charge in [-0.05, 0) is 18.4 Å². The Balaban J connectivity index is 1.99. The molecule has 4 heteroatoms. The van der Waals surface area contributed by atoms with Gasteiger partial charge in [-0.15, -0.1) is 0 Å². The molecule has 4 nitrogen and oxygen atoms in total. The number of aryl methyl sites for hydroxylation is 1. The minimum atomic E-state index is -0.198. The lowest BCUT2D eigenvalue weighted by Crippen LogP contribution is -2.24. The molecule has 0 bridgehead atoms. The first-order valence-electron chi connectivity index (χ1n) is 7.44. The molecule has 1 aromatic heterocycles. The Morgan fingerprint density at radius 2 is 2.10 bits per heavy atom. The molecule has 0 saturated carbocycles. The van der Waals surface area contributed by atoms with E-state index in [1.807, 2.05) is 65.2 Å². The lowest BCUT2D eigenvalue weighted by molar-refractivity contribution is -0.671. The topological polar surface area (TPSA) is 35.1 Å². The van der Waals surface area contributed by atoms with Crippen LogP contribution in [0.1, 0.15) is 37.9 Å².